The van der Waals surface area contributed by atoms with E-state index in [9.17, 15) is 9.59 Å². The molecule has 5 rings (SSSR count). The van der Waals surface area contributed by atoms with Crippen LogP contribution in [0.3, 0.4) is 0 Å². The summed E-state index contributed by atoms with van der Waals surface area (Å²) >= 11 is 1.56. The number of hydrazone groups is 1. The summed E-state index contributed by atoms with van der Waals surface area (Å²) in [6.07, 6.45) is 0.527. The lowest BCUT2D eigenvalue weighted by Gasteiger charge is -2.23. The summed E-state index contributed by atoms with van der Waals surface area (Å²) in [5.74, 6) is 0.203. The second-order valence-corrected chi connectivity index (χ2v) is 9.15. The molecule has 0 fully saturated rings. The Hall–Kier alpha value is -4.17. The van der Waals surface area contributed by atoms with Crippen LogP contribution in [0.2, 0.25) is 0 Å². The van der Waals surface area contributed by atoms with Gasteiger partial charge in [0.05, 0.1) is 36.4 Å². The van der Waals surface area contributed by atoms with Crippen molar-refractivity contribution in [1.29, 1.82) is 0 Å². The molecule has 0 spiro atoms. The van der Waals surface area contributed by atoms with Gasteiger partial charge < -0.3 is 14.2 Å². The molecule has 0 aliphatic carbocycles. The second kappa shape index (κ2) is 10.2. The van der Waals surface area contributed by atoms with Crippen molar-refractivity contribution < 1.29 is 23.8 Å². The number of fused-ring (bicyclic) bond motifs is 1. The van der Waals surface area contributed by atoms with E-state index in [0.29, 0.717) is 23.5 Å². The number of nitrogens with zero attached hydrogens (tertiary/aromatic N) is 2. The summed E-state index contributed by atoms with van der Waals surface area (Å²) in [6, 6.07) is 22.1. The zero-order chi connectivity index (χ0) is 25.1. The Morgan fingerprint density at radius 1 is 0.972 bits per heavy atom. The molecule has 0 bridgehead atoms. The molecule has 3 aromatic carbocycles. The zero-order valence-corrected chi connectivity index (χ0v) is 20.7. The second-order valence-electron chi connectivity index (χ2n) is 8.20. The maximum Gasteiger partial charge on any atom is 0.339 e. The Bertz CT molecular complexity index is 1440. The fourth-order valence-corrected chi connectivity index (χ4v) is 5.05. The van der Waals surface area contributed by atoms with Gasteiger partial charge in [0.15, 0.2) is 18.1 Å². The van der Waals surface area contributed by atoms with Gasteiger partial charge in [-0.15, -0.1) is 11.3 Å². The summed E-state index contributed by atoms with van der Waals surface area (Å²) in [4.78, 5) is 27.2. The molecular weight excluding hydrogens is 476 g/mol. The molecule has 1 aliphatic rings. The number of ether oxygens (including phenoxy) is 3. The number of esters is 1. The van der Waals surface area contributed by atoms with Crippen molar-refractivity contribution in [1.82, 2.24) is 5.01 Å². The monoisotopic (exact) mass is 500 g/mol. The molecule has 1 aliphatic heterocycles. The van der Waals surface area contributed by atoms with Gasteiger partial charge in [0.1, 0.15) is 0 Å². The third-order valence-electron chi connectivity index (χ3n) is 6.10. The van der Waals surface area contributed by atoms with Crippen LogP contribution in [0.5, 0.6) is 11.5 Å². The fraction of sp³-hybridized carbons (Fsp3) is 0.179. The van der Waals surface area contributed by atoms with Crippen molar-refractivity contribution in [3.63, 3.8) is 0 Å². The number of hydrogen-bond acceptors (Lipinski definition) is 7. The molecule has 182 valence electrons. The molecule has 0 saturated heterocycles. The lowest BCUT2D eigenvalue weighted by molar-refractivity contribution is -0.136. The number of carbonyl (C=O) groups is 2. The van der Waals surface area contributed by atoms with Gasteiger partial charge in [-0.2, -0.15) is 5.10 Å². The van der Waals surface area contributed by atoms with E-state index in [1.165, 1.54) is 5.01 Å². The van der Waals surface area contributed by atoms with Crippen LogP contribution in [-0.4, -0.2) is 43.4 Å². The minimum absolute atomic E-state index is 0.370. The van der Waals surface area contributed by atoms with E-state index in [-0.39, 0.29) is 6.04 Å². The Kier molecular flexibility index (Phi) is 6.69. The molecule has 8 heteroatoms. The smallest absolute Gasteiger partial charge is 0.339 e. The lowest BCUT2D eigenvalue weighted by atomic mass is 10.0. The Morgan fingerprint density at radius 2 is 1.78 bits per heavy atom. The first kappa shape index (κ1) is 23.6. The minimum atomic E-state index is -0.551. The zero-order valence-electron chi connectivity index (χ0n) is 19.8. The summed E-state index contributed by atoms with van der Waals surface area (Å²) in [5, 5.41) is 9.72. The van der Waals surface area contributed by atoms with E-state index in [2.05, 4.69) is 5.10 Å². The van der Waals surface area contributed by atoms with Gasteiger partial charge in [-0.25, -0.2) is 9.80 Å². The number of hydrogen-bond donors (Lipinski definition) is 0. The van der Waals surface area contributed by atoms with Crippen LogP contribution in [0.15, 0.2) is 83.3 Å². The molecule has 1 unspecified atom stereocenters. The van der Waals surface area contributed by atoms with E-state index in [4.69, 9.17) is 14.2 Å². The van der Waals surface area contributed by atoms with Crippen LogP contribution in [0.4, 0.5) is 0 Å². The number of benzene rings is 3. The number of carbonyl (C=O) groups excluding carboxylic acids is 2. The third kappa shape index (κ3) is 4.55. The molecule has 2 heterocycles. The average molecular weight is 501 g/mol. The molecule has 36 heavy (non-hydrogen) atoms. The van der Waals surface area contributed by atoms with Crippen LogP contribution in [0.1, 0.15) is 33.3 Å². The van der Waals surface area contributed by atoms with Crippen molar-refractivity contribution in [2.45, 2.75) is 12.5 Å². The summed E-state index contributed by atoms with van der Waals surface area (Å²) < 4.78 is 16.3. The highest BCUT2D eigenvalue weighted by Crippen LogP contribution is 2.38. The molecule has 7 nitrogen and oxygen atoms in total. The van der Waals surface area contributed by atoms with Gasteiger partial charge >= 0.3 is 5.97 Å². The summed E-state index contributed by atoms with van der Waals surface area (Å²) in [6.45, 7) is -0.424. The molecule has 1 amide bonds. The van der Waals surface area contributed by atoms with Crippen LogP contribution in [-0.2, 0) is 9.53 Å². The first-order chi connectivity index (χ1) is 17.6. The molecular formula is C28H24N2O5S. The molecule has 0 radical (unpaired) electrons. The Labute approximate surface area is 212 Å². The van der Waals surface area contributed by atoms with Crippen LogP contribution in [0.25, 0.3) is 10.8 Å². The Morgan fingerprint density at radius 3 is 2.56 bits per heavy atom. The van der Waals surface area contributed by atoms with Gasteiger partial charge in [0.25, 0.3) is 5.91 Å². The topological polar surface area (TPSA) is 77.4 Å². The maximum absolute atomic E-state index is 13.3. The fourth-order valence-electron chi connectivity index (χ4n) is 4.33. The molecule has 1 aromatic heterocycles. The minimum Gasteiger partial charge on any atom is -0.493 e. The van der Waals surface area contributed by atoms with Crippen molar-refractivity contribution in [3.8, 4) is 11.5 Å². The van der Waals surface area contributed by atoms with E-state index in [1.54, 1.807) is 43.8 Å². The predicted octanol–water partition coefficient (Wildman–Crippen LogP) is 5.45. The van der Waals surface area contributed by atoms with Crippen LogP contribution >= 0.6 is 11.3 Å². The number of thiophene rings is 1. The first-order valence-corrected chi connectivity index (χ1v) is 12.3. The van der Waals surface area contributed by atoms with Crippen LogP contribution < -0.4 is 9.47 Å². The predicted molar refractivity (Wildman–Crippen MR) is 139 cm³/mol. The first-order valence-electron chi connectivity index (χ1n) is 11.4. The van der Waals surface area contributed by atoms with Gasteiger partial charge in [0, 0.05) is 6.42 Å². The third-order valence-corrected chi connectivity index (χ3v) is 7.02. The summed E-state index contributed by atoms with van der Waals surface area (Å²) in [7, 11) is 3.14. The average Bonchev–Trinajstić information content (AvgIpc) is 3.61. The SMILES string of the molecule is COc1ccc(C2CC(c3cccs3)=NN2C(=O)COC(=O)c2cccc3ccccc23)cc1OC. The molecule has 1 atom stereocenters. The molecule has 0 saturated carbocycles. The molecule has 0 N–H and O–H groups in total. The molecule has 4 aromatic rings. The van der Waals surface area contributed by atoms with Crippen LogP contribution in [0, 0.1) is 0 Å². The Balaban J connectivity index is 1.39. The normalized spacial score (nSPS) is 15.0. The highest BCUT2D eigenvalue weighted by Gasteiger charge is 2.34. The van der Waals surface area contributed by atoms with Crippen molar-refractivity contribution in [2.75, 3.05) is 20.8 Å². The van der Waals surface area contributed by atoms with E-state index in [0.717, 1.165) is 26.9 Å². The summed E-state index contributed by atoms with van der Waals surface area (Å²) in [5.41, 5.74) is 2.07. The van der Waals surface area contributed by atoms with Crippen molar-refractivity contribution >= 4 is 39.7 Å². The largest absolute Gasteiger partial charge is 0.493 e. The van der Waals surface area contributed by atoms with Gasteiger partial charge in [-0.3, -0.25) is 4.79 Å². The quantitative estimate of drug-likeness (QED) is 0.315. The maximum atomic E-state index is 13.3. The number of amides is 1. The number of methoxy groups -OCH3 is 2. The number of rotatable bonds is 7. The highest BCUT2D eigenvalue weighted by atomic mass is 32.1. The lowest BCUT2D eigenvalue weighted by Crippen LogP contribution is -2.31. The van der Waals surface area contributed by atoms with E-state index < -0.39 is 18.5 Å². The van der Waals surface area contributed by atoms with Gasteiger partial charge in [-0.05, 0) is 46.0 Å². The standard InChI is InChI=1S/C28H24N2O5S/c1-33-24-13-12-19(15-25(24)34-2)23-16-22(26-11-6-14-36-26)29-30(23)27(31)17-35-28(32)21-10-5-8-18-7-3-4-9-20(18)21/h3-15,23H,16-17H2,1-2H3. The van der Waals surface area contributed by atoms with E-state index >= 15 is 0 Å². The van der Waals surface area contributed by atoms with E-state index in [1.807, 2.05) is 60.0 Å². The van der Waals surface area contributed by atoms with Crippen molar-refractivity contribution in [2.24, 2.45) is 5.10 Å². The van der Waals surface area contributed by atoms with Gasteiger partial charge in [0.2, 0.25) is 0 Å². The van der Waals surface area contributed by atoms with Gasteiger partial charge in [-0.1, -0.05) is 48.5 Å². The van der Waals surface area contributed by atoms with Crippen molar-refractivity contribution in [3.05, 3.63) is 94.2 Å². The highest BCUT2D eigenvalue weighted by molar-refractivity contribution is 7.12.